The molecule has 63 heavy (non-hydrogen) atoms. The molecule has 10 rings (SSSR count). The normalized spacial score (nSPS) is 20.0. The highest BCUT2D eigenvalue weighted by atomic mass is 32.2. The number of nitrogens with one attached hydrogen (secondary N) is 3. The van der Waals surface area contributed by atoms with Gasteiger partial charge in [0, 0.05) is 48.7 Å². The van der Waals surface area contributed by atoms with Gasteiger partial charge in [-0.25, -0.2) is 27.2 Å². The van der Waals surface area contributed by atoms with E-state index < -0.39 is 21.6 Å². The van der Waals surface area contributed by atoms with Crippen LogP contribution in [0.5, 0.6) is 0 Å². The molecule has 0 spiro atoms. The van der Waals surface area contributed by atoms with E-state index >= 15 is 0 Å². The van der Waals surface area contributed by atoms with Gasteiger partial charge in [-0.3, -0.25) is 19.1 Å². The van der Waals surface area contributed by atoms with Gasteiger partial charge in [0.2, 0.25) is 5.95 Å². The fraction of sp³-hybridized carbons (Fsp3) is 0.426. The van der Waals surface area contributed by atoms with Gasteiger partial charge in [-0.1, -0.05) is 30.3 Å². The molecule has 3 aromatic heterocycles. The lowest BCUT2D eigenvalue weighted by Gasteiger charge is -2.34. The van der Waals surface area contributed by atoms with E-state index in [0.717, 1.165) is 48.9 Å². The summed E-state index contributed by atoms with van der Waals surface area (Å²) in [5, 5.41) is 7.65. The first kappa shape index (κ1) is 42.4. The first-order chi connectivity index (χ1) is 30.3. The third-order valence-electron chi connectivity index (χ3n) is 13.0. The predicted molar refractivity (Wildman–Crippen MR) is 236 cm³/mol. The van der Waals surface area contributed by atoms with Crippen molar-refractivity contribution in [2.45, 2.75) is 101 Å². The molecule has 330 valence electrons. The number of nitrogens with zero attached hydrogens (tertiary/aromatic N) is 4. The van der Waals surface area contributed by atoms with Crippen LogP contribution in [0.4, 0.5) is 10.3 Å². The Hall–Kier alpha value is -5.87. The maximum absolute atomic E-state index is 14.7. The molecule has 3 aromatic carbocycles. The van der Waals surface area contributed by atoms with E-state index in [1.54, 1.807) is 43.0 Å². The second-order valence-electron chi connectivity index (χ2n) is 17.5. The molecular formula is C47H52FN7O7S. The van der Waals surface area contributed by atoms with Crippen LogP contribution >= 0.6 is 0 Å². The highest BCUT2D eigenvalue weighted by molar-refractivity contribution is 7.92. The van der Waals surface area contributed by atoms with E-state index in [1.807, 2.05) is 31.2 Å². The minimum absolute atomic E-state index is 0.163. The lowest BCUT2D eigenvalue weighted by Crippen LogP contribution is -2.43. The third kappa shape index (κ3) is 8.62. The van der Waals surface area contributed by atoms with Gasteiger partial charge in [0.1, 0.15) is 11.5 Å². The van der Waals surface area contributed by atoms with Gasteiger partial charge in [0.05, 0.1) is 27.6 Å². The van der Waals surface area contributed by atoms with Crippen LogP contribution in [0.15, 0.2) is 79.7 Å². The quantitative estimate of drug-likeness (QED) is 0.127. The molecule has 3 N–H and O–H groups in total. The number of aromatic amines is 2. The smallest absolute Gasteiger partial charge is 0.381 e. The summed E-state index contributed by atoms with van der Waals surface area (Å²) in [5.41, 5.74) is 5.69. The van der Waals surface area contributed by atoms with Crippen molar-refractivity contribution in [3.05, 3.63) is 132 Å². The number of aryl methyl sites for hydroxylation is 2. The van der Waals surface area contributed by atoms with Crippen molar-refractivity contribution in [3.8, 4) is 5.69 Å². The summed E-state index contributed by atoms with van der Waals surface area (Å²) in [6.07, 6.45) is 5.36. The second kappa shape index (κ2) is 17.0. The number of aromatic nitrogens is 5. The summed E-state index contributed by atoms with van der Waals surface area (Å²) in [5.74, 6) is 1.59. The Balaban J connectivity index is 0.000000441. The van der Waals surface area contributed by atoms with Gasteiger partial charge in [0.25, 0.3) is 11.5 Å². The van der Waals surface area contributed by atoms with Crippen molar-refractivity contribution in [2.24, 2.45) is 5.92 Å². The van der Waals surface area contributed by atoms with Crippen LogP contribution in [0.25, 0.3) is 16.6 Å². The zero-order valence-electron chi connectivity index (χ0n) is 35.9. The number of halogens is 1. The topological polar surface area (TPSA) is 185 Å². The number of sulfone groups is 1. The van der Waals surface area contributed by atoms with Crippen LogP contribution in [-0.2, 0) is 27.4 Å². The van der Waals surface area contributed by atoms with E-state index in [0.29, 0.717) is 107 Å². The van der Waals surface area contributed by atoms with Gasteiger partial charge in [-0.15, -0.1) is 0 Å². The number of hydrogen-bond acceptors (Lipinski definition) is 10. The van der Waals surface area contributed by atoms with E-state index in [1.165, 1.54) is 10.1 Å². The molecule has 0 bridgehead atoms. The van der Waals surface area contributed by atoms with Crippen LogP contribution in [0.3, 0.4) is 0 Å². The summed E-state index contributed by atoms with van der Waals surface area (Å²) in [6, 6.07) is 18.0. The molecular weight excluding hydrogens is 826 g/mol. The number of carbonyl (C=O) groups excluding carboxylic acids is 1. The number of ether oxygens (including phenoxy) is 1. The number of H-pyrrole nitrogens is 2. The largest absolute Gasteiger partial charge is 0.438 e. The predicted octanol–water partition coefficient (Wildman–Crippen LogP) is 7.20. The summed E-state index contributed by atoms with van der Waals surface area (Å²) in [6.45, 7) is 9.61. The summed E-state index contributed by atoms with van der Waals surface area (Å²) in [7, 11) is -3.28. The number of rotatable bonds is 10. The molecule has 14 nitrogen and oxygen atoms in total. The van der Waals surface area contributed by atoms with Crippen LogP contribution in [0.2, 0.25) is 0 Å². The molecule has 4 aliphatic rings. The zero-order chi connectivity index (χ0) is 44.2. The number of hydrogen-bond donors (Lipinski definition) is 3. The van der Waals surface area contributed by atoms with Crippen molar-refractivity contribution >= 4 is 32.6 Å². The molecule has 2 saturated carbocycles. The van der Waals surface area contributed by atoms with Crippen molar-refractivity contribution in [1.29, 1.82) is 0 Å². The maximum atomic E-state index is 14.7. The van der Waals surface area contributed by atoms with Gasteiger partial charge in [-0.05, 0) is 142 Å². The molecule has 2 aliphatic heterocycles. The summed E-state index contributed by atoms with van der Waals surface area (Å²) in [4.78, 5) is 51.8. The van der Waals surface area contributed by atoms with Crippen molar-refractivity contribution in [2.75, 3.05) is 31.6 Å². The van der Waals surface area contributed by atoms with Crippen molar-refractivity contribution < 1.29 is 26.9 Å². The van der Waals surface area contributed by atoms with Gasteiger partial charge < -0.3 is 19.9 Å². The standard InChI is InChI=1S/C41H44FN5O5S.C6H8N2O2/c1-24-20-31(21-25(2)37(24)42)47-39(48)34-13-17-46(40(49)36-23-30-22-29(6-11-35(30)44-36)28-14-18-52-19-15-28)26(3)38(34)45-41(47)43-16-12-27-4-7-32(8-5-27)53(50,51)33-9-10-33;1-3-2-4(3)5-7-6(9)10-8-5/h4-8,11,20-23,26,28,33,44H,9-10,12-19H2,1-3H3,(H,43,45);3-4H,2H2,1H3,(H,7,8,9). The van der Waals surface area contributed by atoms with Crippen LogP contribution < -0.4 is 16.6 Å². The van der Waals surface area contributed by atoms with E-state index in [2.05, 4.69) is 44.0 Å². The first-order valence-corrected chi connectivity index (χ1v) is 23.4. The average Bonchev–Trinajstić information content (AvgIpc) is 4.18. The minimum atomic E-state index is -3.28. The first-order valence-electron chi connectivity index (χ1n) is 21.8. The van der Waals surface area contributed by atoms with Gasteiger partial charge in [-0.2, -0.15) is 0 Å². The Morgan fingerprint density at radius 1 is 0.952 bits per heavy atom. The summed E-state index contributed by atoms with van der Waals surface area (Å²) >= 11 is 0. The maximum Gasteiger partial charge on any atom is 0.438 e. The highest BCUT2D eigenvalue weighted by Crippen LogP contribution is 2.45. The fourth-order valence-electron chi connectivity index (χ4n) is 8.96. The second-order valence-corrected chi connectivity index (χ2v) is 19.8. The lowest BCUT2D eigenvalue weighted by atomic mass is 9.91. The number of carbonyl (C=O) groups is 1. The minimum Gasteiger partial charge on any atom is -0.381 e. The molecule has 0 radical (unpaired) electrons. The van der Waals surface area contributed by atoms with Crippen molar-refractivity contribution in [1.82, 2.24) is 29.6 Å². The molecule has 2 aliphatic carbocycles. The SMILES string of the molecule is CC1CC1c1noc(=O)[nH]1.Cc1cc(-n2c(NCCc3ccc(S(=O)(=O)C4CC4)cc3)nc3c(c2=O)CCN(C(=O)c2cc4cc(C5CCOCC5)ccc4[nH]2)C3C)cc(C)c1F. The number of anilines is 1. The van der Waals surface area contributed by atoms with Crippen LogP contribution in [0.1, 0.15) is 114 Å². The molecule has 1 saturated heterocycles. The average molecular weight is 878 g/mol. The van der Waals surface area contributed by atoms with Crippen molar-refractivity contribution in [3.63, 3.8) is 0 Å². The summed E-state index contributed by atoms with van der Waals surface area (Å²) < 4.78 is 51.5. The number of benzene rings is 3. The van der Waals surface area contributed by atoms with E-state index in [9.17, 15) is 27.2 Å². The van der Waals surface area contributed by atoms with Crippen LogP contribution in [0, 0.1) is 25.6 Å². The third-order valence-corrected chi connectivity index (χ3v) is 15.3. The van der Waals surface area contributed by atoms with E-state index in [-0.39, 0.29) is 22.5 Å². The number of amides is 1. The zero-order valence-corrected chi connectivity index (χ0v) is 36.7. The Bertz CT molecular complexity index is 2900. The fourth-order valence-corrected chi connectivity index (χ4v) is 10.6. The Morgan fingerprint density at radius 3 is 2.32 bits per heavy atom. The molecule has 1 amide bonds. The van der Waals surface area contributed by atoms with E-state index in [4.69, 9.17) is 9.72 Å². The Morgan fingerprint density at radius 2 is 1.67 bits per heavy atom. The molecule has 16 heteroatoms. The molecule has 5 heterocycles. The molecule has 3 atom stereocenters. The van der Waals surface area contributed by atoms with Crippen LogP contribution in [-0.4, -0.2) is 75.5 Å². The molecule has 3 unspecified atom stereocenters. The van der Waals surface area contributed by atoms with Gasteiger partial charge >= 0.3 is 5.76 Å². The monoisotopic (exact) mass is 877 g/mol. The Kier molecular flexibility index (Phi) is 11.5. The molecule has 6 aromatic rings. The lowest BCUT2D eigenvalue weighted by molar-refractivity contribution is 0.0667. The molecule has 3 fully saturated rings. The van der Waals surface area contributed by atoms with Gasteiger partial charge in [0.15, 0.2) is 15.7 Å². The highest BCUT2D eigenvalue weighted by Gasteiger charge is 2.38. The number of fused-ring (bicyclic) bond motifs is 2. The Labute approximate surface area is 364 Å².